The molecule has 24 heavy (non-hydrogen) atoms. The highest BCUT2D eigenvalue weighted by molar-refractivity contribution is 14.0. The topological polar surface area (TPSA) is 79.5 Å². The van der Waals surface area contributed by atoms with Crippen LogP contribution in [0.25, 0.3) is 0 Å². The summed E-state index contributed by atoms with van der Waals surface area (Å²) in [5.41, 5.74) is 8.48. The molecule has 2 aromatic carbocycles. The second kappa shape index (κ2) is 10.3. The number of hydrogen-bond donors (Lipinski definition) is 3. The first kappa shape index (κ1) is 20.4. The van der Waals surface area contributed by atoms with Gasteiger partial charge in [-0.1, -0.05) is 39.7 Å². The Morgan fingerprint density at radius 1 is 1.21 bits per heavy atom. The minimum atomic E-state index is -0.133. The van der Waals surface area contributed by atoms with Crippen molar-refractivity contribution in [3.8, 4) is 0 Å². The maximum Gasteiger partial charge on any atom is 0.251 e. The normalized spacial score (nSPS) is 10.7. The van der Waals surface area contributed by atoms with Crippen molar-refractivity contribution in [1.82, 2.24) is 5.32 Å². The Kier molecular flexibility index (Phi) is 8.77. The molecule has 1 amide bonds. The molecule has 2 rings (SSSR count). The van der Waals surface area contributed by atoms with Crippen LogP contribution in [0.1, 0.15) is 15.9 Å². The van der Waals surface area contributed by atoms with Crippen molar-refractivity contribution >= 4 is 57.5 Å². The number of nitrogens with zero attached hydrogens (tertiary/aromatic N) is 1. The summed E-state index contributed by atoms with van der Waals surface area (Å²) in [6, 6.07) is 15.1. The maximum atomic E-state index is 11.9. The molecule has 5 nitrogen and oxygen atoms in total. The number of aliphatic imine (C=N–C) groups is 1. The van der Waals surface area contributed by atoms with Gasteiger partial charge in [-0.2, -0.15) is 0 Å². The second-order valence-electron chi connectivity index (χ2n) is 5.02. The monoisotopic (exact) mass is 502 g/mol. The van der Waals surface area contributed by atoms with Crippen LogP contribution in [0.5, 0.6) is 0 Å². The second-order valence-corrected chi connectivity index (χ2v) is 5.94. The van der Waals surface area contributed by atoms with E-state index >= 15 is 0 Å². The van der Waals surface area contributed by atoms with E-state index in [-0.39, 0.29) is 29.9 Å². The molecule has 0 aliphatic rings. The highest BCUT2D eigenvalue weighted by Gasteiger charge is 2.04. The van der Waals surface area contributed by atoms with Crippen molar-refractivity contribution in [1.29, 1.82) is 0 Å². The van der Waals surface area contributed by atoms with Gasteiger partial charge in [-0.15, -0.1) is 24.0 Å². The Morgan fingerprint density at radius 3 is 2.58 bits per heavy atom. The van der Waals surface area contributed by atoms with Crippen molar-refractivity contribution < 1.29 is 4.79 Å². The van der Waals surface area contributed by atoms with E-state index in [1.54, 1.807) is 12.1 Å². The van der Waals surface area contributed by atoms with Gasteiger partial charge < -0.3 is 16.4 Å². The molecular weight excluding hydrogens is 483 g/mol. The molecule has 0 atom stereocenters. The fourth-order valence-electron chi connectivity index (χ4n) is 1.90. The molecule has 0 aliphatic carbocycles. The maximum absolute atomic E-state index is 11.9. The van der Waals surface area contributed by atoms with E-state index in [1.165, 1.54) is 5.56 Å². The van der Waals surface area contributed by atoms with E-state index < -0.39 is 0 Å². The summed E-state index contributed by atoms with van der Waals surface area (Å²) in [7, 11) is 0. The third-order valence-corrected chi connectivity index (χ3v) is 3.58. The van der Waals surface area contributed by atoms with Gasteiger partial charge >= 0.3 is 0 Å². The summed E-state index contributed by atoms with van der Waals surface area (Å²) >= 11 is 3.34. The van der Waals surface area contributed by atoms with Gasteiger partial charge in [0.15, 0.2) is 5.96 Å². The smallest absolute Gasteiger partial charge is 0.251 e. The van der Waals surface area contributed by atoms with E-state index in [4.69, 9.17) is 5.73 Å². The summed E-state index contributed by atoms with van der Waals surface area (Å²) < 4.78 is 0.870. The van der Waals surface area contributed by atoms with Crippen LogP contribution in [-0.2, 0) is 0 Å². The Bertz CT molecular complexity index is 704. The number of anilines is 1. The Hall–Kier alpha value is -1.61. The summed E-state index contributed by atoms with van der Waals surface area (Å²) in [6.45, 7) is 2.85. The van der Waals surface area contributed by atoms with Crippen molar-refractivity contribution in [2.45, 2.75) is 6.92 Å². The number of benzene rings is 2. The van der Waals surface area contributed by atoms with Crippen LogP contribution >= 0.6 is 39.9 Å². The molecular formula is C17H20BrIN4O. The van der Waals surface area contributed by atoms with Crippen LogP contribution in [0.15, 0.2) is 58.0 Å². The van der Waals surface area contributed by atoms with E-state index in [0.717, 1.165) is 10.2 Å². The standard InChI is InChI=1S/C17H19BrN4O.HI/c1-12-5-7-15(8-6-12)22-17(19)21-10-9-20-16(23)13-3-2-4-14(18)11-13;/h2-8,11H,9-10H2,1H3,(H,20,23)(H3,19,21,22);1H. The minimum absolute atomic E-state index is 0. The molecule has 0 spiro atoms. The molecule has 0 unspecified atom stereocenters. The van der Waals surface area contributed by atoms with Gasteiger partial charge in [0.2, 0.25) is 0 Å². The zero-order valence-electron chi connectivity index (χ0n) is 13.3. The lowest BCUT2D eigenvalue weighted by Crippen LogP contribution is -2.28. The fourth-order valence-corrected chi connectivity index (χ4v) is 2.30. The lowest BCUT2D eigenvalue weighted by atomic mass is 10.2. The molecule has 0 aromatic heterocycles. The zero-order valence-corrected chi connectivity index (χ0v) is 17.2. The third kappa shape index (κ3) is 6.88. The zero-order chi connectivity index (χ0) is 16.7. The van der Waals surface area contributed by atoms with Crippen LogP contribution in [-0.4, -0.2) is 25.0 Å². The molecule has 0 bridgehead atoms. The van der Waals surface area contributed by atoms with Gasteiger partial charge in [0.25, 0.3) is 5.91 Å². The minimum Gasteiger partial charge on any atom is -0.370 e. The molecule has 0 radical (unpaired) electrons. The lowest BCUT2D eigenvalue weighted by Gasteiger charge is -2.07. The Labute approximate surface area is 167 Å². The van der Waals surface area contributed by atoms with Gasteiger partial charge in [0.05, 0.1) is 6.54 Å². The van der Waals surface area contributed by atoms with Crippen LogP contribution in [0.2, 0.25) is 0 Å². The van der Waals surface area contributed by atoms with Crippen molar-refractivity contribution in [3.63, 3.8) is 0 Å². The highest BCUT2D eigenvalue weighted by atomic mass is 127. The van der Waals surface area contributed by atoms with Crippen LogP contribution in [0, 0.1) is 6.92 Å². The number of nitrogens with one attached hydrogen (secondary N) is 2. The largest absolute Gasteiger partial charge is 0.370 e. The Balaban J connectivity index is 0.00000288. The first-order chi connectivity index (χ1) is 11.0. The Morgan fingerprint density at radius 2 is 1.92 bits per heavy atom. The highest BCUT2D eigenvalue weighted by Crippen LogP contribution is 2.11. The van der Waals surface area contributed by atoms with E-state index in [2.05, 4.69) is 31.6 Å². The number of carbonyl (C=O) groups excluding carboxylic acids is 1. The van der Waals surface area contributed by atoms with Crippen molar-refractivity contribution in [2.24, 2.45) is 10.7 Å². The van der Waals surface area contributed by atoms with Gasteiger partial charge in [0.1, 0.15) is 0 Å². The quantitative estimate of drug-likeness (QED) is 0.253. The van der Waals surface area contributed by atoms with Crippen LogP contribution < -0.4 is 16.4 Å². The fraction of sp³-hybridized carbons (Fsp3) is 0.176. The number of carbonyl (C=O) groups is 1. The van der Waals surface area contributed by atoms with E-state index in [9.17, 15) is 4.79 Å². The number of guanidine groups is 1. The molecule has 4 N–H and O–H groups in total. The first-order valence-electron chi connectivity index (χ1n) is 7.22. The van der Waals surface area contributed by atoms with Gasteiger partial charge in [-0.3, -0.25) is 9.79 Å². The molecule has 0 heterocycles. The number of aryl methyl sites for hydroxylation is 1. The number of nitrogens with two attached hydrogens (primary N) is 1. The van der Waals surface area contributed by atoms with Crippen LogP contribution in [0.3, 0.4) is 0 Å². The predicted molar refractivity (Wildman–Crippen MR) is 113 cm³/mol. The molecule has 0 saturated heterocycles. The lowest BCUT2D eigenvalue weighted by molar-refractivity contribution is 0.0954. The summed E-state index contributed by atoms with van der Waals surface area (Å²) in [5.74, 6) is 0.192. The van der Waals surface area contributed by atoms with Gasteiger partial charge in [-0.25, -0.2) is 0 Å². The first-order valence-corrected chi connectivity index (χ1v) is 8.01. The number of hydrogen-bond acceptors (Lipinski definition) is 2. The predicted octanol–water partition coefficient (Wildman–Crippen LogP) is 3.53. The van der Waals surface area contributed by atoms with E-state index in [1.807, 2.05) is 43.3 Å². The molecule has 2 aromatic rings. The van der Waals surface area contributed by atoms with E-state index in [0.29, 0.717) is 24.6 Å². The van der Waals surface area contributed by atoms with Gasteiger partial charge in [-0.05, 0) is 37.3 Å². The number of halogens is 2. The van der Waals surface area contributed by atoms with Crippen molar-refractivity contribution in [3.05, 3.63) is 64.1 Å². The number of amides is 1. The summed E-state index contributed by atoms with van der Waals surface area (Å²) in [6.07, 6.45) is 0. The molecule has 128 valence electrons. The molecule has 0 fully saturated rings. The average molecular weight is 503 g/mol. The van der Waals surface area contributed by atoms with Gasteiger partial charge in [0, 0.05) is 22.3 Å². The third-order valence-electron chi connectivity index (χ3n) is 3.09. The summed E-state index contributed by atoms with van der Waals surface area (Å²) in [4.78, 5) is 16.1. The SMILES string of the molecule is Cc1ccc(NC(N)=NCCNC(=O)c2cccc(Br)c2)cc1.I. The molecule has 0 aliphatic heterocycles. The van der Waals surface area contributed by atoms with Crippen molar-refractivity contribution in [2.75, 3.05) is 18.4 Å². The average Bonchev–Trinajstić information content (AvgIpc) is 2.53. The summed E-state index contributed by atoms with van der Waals surface area (Å²) in [5, 5.41) is 5.81. The molecule has 0 saturated carbocycles. The number of rotatable bonds is 5. The van der Waals surface area contributed by atoms with Crippen LogP contribution in [0.4, 0.5) is 5.69 Å². The molecule has 7 heteroatoms.